The molecule has 0 aliphatic carbocycles. The fraction of sp³-hybridized carbons (Fsp3) is 0.900. The summed E-state index contributed by atoms with van der Waals surface area (Å²) in [6.45, 7) is 8.79. The van der Waals surface area contributed by atoms with Crippen molar-refractivity contribution in [2.24, 2.45) is 0 Å². The summed E-state index contributed by atoms with van der Waals surface area (Å²) in [7, 11) is 17.1. The van der Waals surface area contributed by atoms with Crippen LogP contribution in [-0.4, -0.2) is 123 Å². The van der Waals surface area contributed by atoms with Gasteiger partial charge in [-0.05, 0) is 12.8 Å². The summed E-state index contributed by atoms with van der Waals surface area (Å²) < 4.78 is 4.46. The maximum absolute atomic E-state index is 2.53. The van der Waals surface area contributed by atoms with Crippen LogP contribution in [0.15, 0.2) is 0 Å². The van der Waals surface area contributed by atoms with E-state index in [9.17, 15) is 0 Å². The van der Waals surface area contributed by atoms with Crippen LogP contribution in [-0.2, 0) is 0 Å². The van der Waals surface area contributed by atoms with Gasteiger partial charge in [0.1, 0.15) is 0 Å². The smallest absolute Gasteiger partial charge is 0.270 e. The highest BCUT2D eigenvalue weighted by molar-refractivity contribution is 5.85. The molecule has 0 saturated heterocycles. The van der Waals surface area contributed by atoms with E-state index in [-0.39, 0.29) is 24.8 Å². The monoisotopic (exact) mass is 442 g/mol. The van der Waals surface area contributed by atoms with Crippen LogP contribution in [0.2, 0.25) is 0 Å². The van der Waals surface area contributed by atoms with Crippen LogP contribution in [0.5, 0.6) is 0 Å². The third-order valence-corrected chi connectivity index (χ3v) is 4.37. The second kappa shape index (κ2) is 17.0. The summed E-state index contributed by atoms with van der Waals surface area (Å²) in [6, 6.07) is 0. The lowest BCUT2D eigenvalue weighted by molar-refractivity contribution is -0.477. The van der Waals surface area contributed by atoms with Crippen LogP contribution < -0.4 is 0 Å². The van der Waals surface area contributed by atoms with Gasteiger partial charge >= 0.3 is 11.9 Å². The molecule has 0 N–H and O–H groups in total. The van der Waals surface area contributed by atoms with E-state index >= 15 is 0 Å². The zero-order chi connectivity index (χ0) is 20.3. The van der Waals surface area contributed by atoms with Crippen LogP contribution in [0.1, 0.15) is 39.5 Å². The zero-order valence-electron chi connectivity index (χ0n) is 20.2. The summed E-state index contributed by atoms with van der Waals surface area (Å²) >= 11 is 0. The molecule has 0 bridgehead atoms. The number of hydrogen-bond acceptors (Lipinski definition) is 0. The van der Waals surface area contributed by atoms with E-state index in [2.05, 4.69) is 99.0 Å². The van der Waals surface area contributed by atoms with Gasteiger partial charge in [-0.3, -0.25) is 28.8 Å². The van der Waals surface area contributed by atoms with Crippen molar-refractivity contribution < 1.29 is 9.15 Å². The van der Waals surface area contributed by atoms with Crippen molar-refractivity contribution in [3.63, 3.8) is 0 Å². The first-order valence-electron chi connectivity index (χ1n) is 10.1. The molecule has 0 aliphatic rings. The van der Waals surface area contributed by atoms with Gasteiger partial charge in [-0.15, -0.1) is 24.8 Å². The topological polar surface area (TPSA) is 19.0 Å². The van der Waals surface area contributed by atoms with E-state index in [0.29, 0.717) is 0 Å². The Morgan fingerprint density at radius 2 is 0.857 bits per heavy atom. The lowest BCUT2D eigenvalue weighted by atomic mass is 10.3. The first kappa shape index (κ1) is 31.8. The highest BCUT2D eigenvalue weighted by atomic mass is 35.5. The molecule has 0 aromatic heterocycles. The molecule has 0 rings (SSSR count). The Hall–Kier alpha value is -0.880. The zero-order valence-corrected chi connectivity index (χ0v) is 21.8. The summed E-state index contributed by atoms with van der Waals surface area (Å²) in [4.78, 5) is 9.53. The van der Waals surface area contributed by atoms with Crippen molar-refractivity contribution in [3.05, 3.63) is 0 Å². The molecule has 0 fully saturated rings. The van der Waals surface area contributed by atoms with E-state index in [4.69, 9.17) is 0 Å². The van der Waals surface area contributed by atoms with Gasteiger partial charge in [0.05, 0.1) is 82.6 Å². The van der Waals surface area contributed by atoms with E-state index < -0.39 is 0 Å². The van der Waals surface area contributed by atoms with Crippen LogP contribution >= 0.6 is 24.8 Å². The van der Waals surface area contributed by atoms with Crippen LogP contribution in [0, 0.1) is 0 Å². The number of rotatable bonds is 9. The number of hydrogen-bond donors (Lipinski definition) is 0. The third kappa shape index (κ3) is 11.2. The Kier molecular flexibility index (Phi) is 19.3. The van der Waals surface area contributed by atoms with E-state index in [1.54, 1.807) is 0 Å². The lowest BCUT2D eigenvalue weighted by Crippen LogP contribution is -2.52. The minimum absolute atomic E-state index is 0. The molecule has 28 heavy (non-hydrogen) atoms. The molecule has 170 valence electrons. The predicted octanol–water partition coefficient (Wildman–Crippen LogP) is 2.41. The Labute approximate surface area is 187 Å². The van der Waals surface area contributed by atoms with Crippen molar-refractivity contribution in [3.8, 4) is 0 Å². The highest BCUT2D eigenvalue weighted by Crippen LogP contribution is 2.04. The van der Waals surface area contributed by atoms with Gasteiger partial charge < -0.3 is 0 Å². The molecule has 8 heteroatoms. The van der Waals surface area contributed by atoms with Gasteiger partial charge in [0.15, 0.2) is 0 Å². The second-order valence-electron chi connectivity index (χ2n) is 7.86. The Bertz CT molecular complexity index is 414. The summed E-state index contributed by atoms with van der Waals surface area (Å²) in [5.74, 6) is 2.57. The lowest BCUT2D eigenvalue weighted by Gasteiger charge is -2.29. The van der Waals surface area contributed by atoms with Crippen LogP contribution in [0.3, 0.4) is 0 Å². The van der Waals surface area contributed by atoms with Crippen LogP contribution in [0.4, 0.5) is 0 Å². The molecule has 0 amide bonds. The highest BCUT2D eigenvalue weighted by Gasteiger charge is 2.27. The molecular weight excluding hydrogens is 395 g/mol. The van der Waals surface area contributed by atoms with Gasteiger partial charge in [-0.2, -0.15) is 0 Å². The molecular formula is C20H48Cl2N6+2. The Balaban J connectivity index is -0.00000312. The van der Waals surface area contributed by atoms with Gasteiger partial charge in [0.2, 0.25) is 0 Å². The molecule has 0 radical (unpaired) electrons. The van der Waals surface area contributed by atoms with E-state index in [1.165, 1.54) is 37.6 Å². The molecule has 0 spiro atoms. The average Bonchev–Trinajstić information content (AvgIpc) is 2.52. The number of guanidine groups is 2. The summed E-state index contributed by atoms with van der Waals surface area (Å²) in [5.41, 5.74) is 0. The molecule has 0 atom stereocenters. The fourth-order valence-electron chi connectivity index (χ4n) is 3.49. The maximum Gasteiger partial charge on any atom is 0.349 e. The fourth-order valence-corrected chi connectivity index (χ4v) is 3.49. The summed E-state index contributed by atoms with van der Waals surface area (Å²) in [6.07, 6.45) is 4.88. The molecule has 0 aliphatic heterocycles. The van der Waals surface area contributed by atoms with E-state index in [0.717, 1.165) is 26.2 Å². The predicted molar refractivity (Wildman–Crippen MR) is 129 cm³/mol. The first-order chi connectivity index (χ1) is 12.2. The van der Waals surface area contributed by atoms with Gasteiger partial charge in [-0.1, -0.05) is 26.7 Å². The number of nitrogens with zero attached hydrogens (tertiary/aromatic N) is 6. The molecule has 0 heterocycles. The summed E-state index contributed by atoms with van der Waals surface area (Å²) in [5, 5.41) is 0. The minimum atomic E-state index is 0. The SMILES string of the molecule is CCCCN(CCN(CCCC)C(N(C)C)=[N+](C)C)C(N(C)C)=[N+](C)C.Cl.Cl. The maximum atomic E-state index is 2.53. The standard InChI is InChI=1S/C20H46N6.2ClH/c1-11-13-15-25(19(21(3)4)22(5)6)17-18-26(16-14-12-2)20(23(7)8)24(9)10;;/h11-18H2,1-10H3;2*1H/q+2;;. The molecule has 0 aromatic carbocycles. The van der Waals surface area contributed by atoms with Crippen molar-refractivity contribution >= 4 is 36.7 Å². The molecule has 0 unspecified atom stereocenters. The van der Waals surface area contributed by atoms with Gasteiger partial charge in [0, 0.05) is 0 Å². The van der Waals surface area contributed by atoms with Gasteiger partial charge in [0.25, 0.3) is 0 Å². The second-order valence-corrected chi connectivity index (χ2v) is 7.86. The normalized spacial score (nSPS) is 9.64. The Morgan fingerprint density at radius 1 is 0.571 bits per heavy atom. The number of unbranched alkanes of at least 4 members (excludes halogenated alkanes) is 2. The largest absolute Gasteiger partial charge is 0.349 e. The van der Waals surface area contributed by atoms with Crippen molar-refractivity contribution in [2.75, 3.05) is 82.6 Å². The first-order valence-corrected chi connectivity index (χ1v) is 10.1. The quantitative estimate of drug-likeness (QED) is 0.310. The third-order valence-electron chi connectivity index (χ3n) is 4.37. The minimum Gasteiger partial charge on any atom is -0.270 e. The van der Waals surface area contributed by atoms with Crippen molar-refractivity contribution in [1.82, 2.24) is 19.6 Å². The van der Waals surface area contributed by atoms with Gasteiger partial charge in [-0.25, -0.2) is 0 Å². The number of halogens is 2. The molecule has 0 aromatic rings. The van der Waals surface area contributed by atoms with Crippen LogP contribution in [0.25, 0.3) is 0 Å². The van der Waals surface area contributed by atoms with E-state index in [1.807, 2.05) is 0 Å². The molecule has 0 saturated carbocycles. The molecule has 6 nitrogen and oxygen atoms in total. The Morgan fingerprint density at radius 3 is 1.04 bits per heavy atom. The van der Waals surface area contributed by atoms with Crippen molar-refractivity contribution in [2.45, 2.75) is 39.5 Å². The van der Waals surface area contributed by atoms with Crippen molar-refractivity contribution in [1.29, 1.82) is 0 Å². The average molecular weight is 444 g/mol.